The molecular weight excluding hydrogens is 436 g/mol. The minimum Gasteiger partial charge on any atom is -0.503 e. The zero-order valence-electron chi connectivity index (χ0n) is 16.8. The zero-order chi connectivity index (χ0) is 23.0. The van der Waals surface area contributed by atoms with Gasteiger partial charge in [-0.2, -0.15) is 0 Å². The van der Waals surface area contributed by atoms with Crippen molar-refractivity contribution in [3.63, 3.8) is 0 Å². The van der Waals surface area contributed by atoms with Gasteiger partial charge in [-0.15, -0.1) is 0 Å². The van der Waals surface area contributed by atoms with Gasteiger partial charge in [-0.1, -0.05) is 41.0 Å². The highest BCUT2D eigenvalue weighted by atomic mass is 35.5. The minimum atomic E-state index is -2.90. The molecule has 0 amide bonds. The van der Waals surface area contributed by atoms with E-state index in [0.717, 1.165) is 6.26 Å². The van der Waals surface area contributed by atoms with Crippen molar-refractivity contribution >= 4 is 34.8 Å². The quantitative estimate of drug-likeness (QED) is 0.115. The molecule has 0 fully saturated rings. The average Bonchev–Trinajstić information content (AvgIpc) is 2.74. The number of hydrogen-bond acceptors (Lipinski definition) is 8. The van der Waals surface area contributed by atoms with E-state index in [-0.39, 0.29) is 33.4 Å². The lowest BCUT2D eigenvalue weighted by atomic mass is 9.96. The predicted octanol–water partition coefficient (Wildman–Crippen LogP) is 3.55. The standard InChI is InChI=1S/C20H18ClF2N3O5/c1-11-9-24-19(25-18(11)21)17(26-31-16(27)8-15(22)23)13-7-5-4-6-12(13)14(10-29-2)20(28)30-3/h4-7,9-10,15H,8H2,1-3H3. The molecule has 0 aliphatic carbocycles. The number of methoxy groups -OCH3 is 2. The Morgan fingerprint density at radius 2 is 1.90 bits per heavy atom. The van der Waals surface area contributed by atoms with E-state index >= 15 is 0 Å². The van der Waals surface area contributed by atoms with Gasteiger partial charge in [0.25, 0.3) is 0 Å². The fourth-order valence-corrected chi connectivity index (χ4v) is 2.51. The molecule has 0 atom stereocenters. The molecule has 0 saturated carbocycles. The summed E-state index contributed by atoms with van der Waals surface area (Å²) in [6, 6.07) is 6.35. The van der Waals surface area contributed by atoms with Crippen molar-refractivity contribution in [2.24, 2.45) is 5.16 Å². The summed E-state index contributed by atoms with van der Waals surface area (Å²) < 4.78 is 34.7. The van der Waals surface area contributed by atoms with Gasteiger partial charge in [0, 0.05) is 22.9 Å². The highest BCUT2D eigenvalue weighted by Gasteiger charge is 2.23. The van der Waals surface area contributed by atoms with Crippen molar-refractivity contribution in [3.05, 3.63) is 64.4 Å². The monoisotopic (exact) mass is 453 g/mol. The van der Waals surface area contributed by atoms with Crippen LogP contribution in [0.2, 0.25) is 5.15 Å². The molecule has 164 valence electrons. The number of hydrogen-bond donors (Lipinski definition) is 0. The van der Waals surface area contributed by atoms with Crippen LogP contribution in [0.3, 0.4) is 0 Å². The van der Waals surface area contributed by atoms with Crippen LogP contribution in [0.15, 0.2) is 41.9 Å². The van der Waals surface area contributed by atoms with Gasteiger partial charge in [0.1, 0.15) is 17.1 Å². The van der Waals surface area contributed by atoms with Gasteiger partial charge in [-0.25, -0.2) is 28.3 Å². The Balaban J connectivity index is 2.67. The van der Waals surface area contributed by atoms with Crippen molar-refractivity contribution in [1.29, 1.82) is 0 Å². The summed E-state index contributed by atoms with van der Waals surface area (Å²) in [6.07, 6.45) is -1.48. The maximum atomic E-state index is 12.5. The number of aryl methyl sites for hydroxylation is 1. The smallest absolute Gasteiger partial charge is 0.341 e. The summed E-state index contributed by atoms with van der Waals surface area (Å²) in [5.41, 5.74) is 0.986. The topological polar surface area (TPSA) is 100.0 Å². The molecule has 8 nitrogen and oxygen atoms in total. The summed E-state index contributed by atoms with van der Waals surface area (Å²) in [5, 5.41) is 3.81. The lowest BCUT2D eigenvalue weighted by molar-refractivity contribution is -0.146. The van der Waals surface area contributed by atoms with E-state index in [9.17, 15) is 18.4 Å². The second-order valence-corrected chi connectivity index (χ2v) is 6.33. The third-order valence-corrected chi connectivity index (χ3v) is 4.18. The number of benzene rings is 1. The number of nitrogens with zero attached hydrogens (tertiary/aromatic N) is 3. The van der Waals surface area contributed by atoms with Crippen molar-refractivity contribution in [1.82, 2.24) is 9.97 Å². The van der Waals surface area contributed by atoms with Crippen LogP contribution in [0.4, 0.5) is 8.78 Å². The molecule has 1 aromatic heterocycles. The van der Waals surface area contributed by atoms with Crippen LogP contribution < -0.4 is 0 Å². The second-order valence-electron chi connectivity index (χ2n) is 5.97. The van der Waals surface area contributed by atoms with Gasteiger partial charge in [0.15, 0.2) is 11.5 Å². The molecule has 11 heteroatoms. The highest BCUT2D eigenvalue weighted by Crippen LogP contribution is 2.24. The number of ether oxygens (including phenoxy) is 2. The summed E-state index contributed by atoms with van der Waals surface area (Å²) in [4.78, 5) is 36.8. The number of oxime groups is 1. The van der Waals surface area contributed by atoms with Crippen LogP contribution in [-0.4, -0.2) is 48.3 Å². The van der Waals surface area contributed by atoms with Crippen molar-refractivity contribution in [3.8, 4) is 0 Å². The Labute approximate surface area is 181 Å². The minimum absolute atomic E-state index is 0.0189. The highest BCUT2D eigenvalue weighted by molar-refractivity contribution is 6.30. The number of halogens is 3. The molecule has 31 heavy (non-hydrogen) atoms. The van der Waals surface area contributed by atoms with Gasteiger partial charge in [-0.3, -0.25) is 0 Å². The van der Waals surface area contributed by atoms with Crippen molar-refractivity contribution in [2.75, 3.05) is 14.2 Å². The molecule has 1 aromatic carbocycles. The maximum absolute atomic E-state index is 12.5. The molecule has 0 spiro atoms. The van der Waals surface area contributed by atoms with E-state index in [1.54, 1.807) is 31.2 Å². The zero-order valence-corrected chi connectivity index (χ0v) is 17.5. The lowest BCUT2D eigenvalue weighted by Crippen LogP contribution is -2.16. The van der Waals surface area contributed by atoms with Crippen molar-refractivity contribution in [2.45, 2.75) is 19.8 Å². The number of rotatable bonds is 8. The Bertz CT molecular complexity index is 1030. The fraction of sp³-hybridized carbons (Fsp3) is 0.250. The van der Waals surface area contributed by atoms with Crippen LogP contribution in [0.1, 0.15) is 28.9 Å². The van der Waals surface area contributed by atoms with Gasteiger partial charge in [0.05, 0.1) is 20.5 Å². The number of esters is 1. The molecule has 0 radical (unpaired) electrons. The van der Waals surface area contributed by atoms with E-state index in [0.29, 0.717) is 5.56 Å². The van der Waals surface area contributed by atoms with Gasteiger partial charge < -0.3 is 14.3 Å². The van der Waals surface area contributed by atoms with Crippen molar-refractivity contribution < 1.29 is 32.7 Å². The normalized spacial score (nSPS) is 12.0. The van der Waals surface area contributed by atoms with Crippen LogP contribution in [0.25, 0.3) is 5.57 Å². The lowest BCUT2D eigenvalue weighted by Gasteiger charge is -2.13. The molecule has 2 aromatic rings. The number of alkyl halides is 2. The Kier molecular flexibility index (Phi) is 8.56. The van der Waals surface area contributed by atoms with Crippen LogP contribution in [0.5, 0.6) is 0 Å². The van der Waals surface area contributed by atoms with Gasteiger partial charge in [0.2, 0.25) is 6.43 Å². The van der Waals surface area contributed by atoms with Gasteiger partial charge >= 0.3 is 11.9 Å². The van der Waals surface area contributed by atoms with E-state index in [2.05, 4.69) is 20.0 Å². The molecular formula is C20H18ClF2N3O5. The first kappa shape index (κ1) is 23.9. The molecule has 0 saturated heterocycles. The van der Waals surface area contributed by atoms with E-state index in [1.165, 1.54) is 20.4 Å². The summed E-state index contributed by atoms with van der Waals surface area (Å²) in [7, 11) is 2.54. The number of carbonyl (C=O) groups is 2. The number of carbonyl (C=O) groups excluding carboxylic acids is 2. The fourth-order valence-electron chi connectivity index (χ4n) is 2.38. The molecule has 2 rings (SSSR count). The second kappa shape index (κ2) is 11.1. The Morgan fingerprint density at radius 3 is 2.48 bits per heavy atom. The van der Waals surface area contributed by atoms with E-state index in [1.807, 2.05) is 0 Å². The molecule has 0 aliphatic heterocycles. The average molecular weight is 454 g/mol. The molecule has 0 aliphatic rings. The molecule has 0 unspecified atom stereocenters. The third-order valence-electron chi connectivity index (χ3n) is 3.79. The molecule has 1 heterocycles. The maximum Gasteiger partial charge on any atom is 0.341 e. The number of aromatic nitrogens is 2. The summed E-state index contributed by atoms with van der Waals surface area (Å²) in [5.74, 6) is -2.04. The first-order valence-corrected chi connectivity index (χ1v) is 9.12. The largest absolute Gasteiger partial charge is 0.503 e. The Morgan fingerprint density at radius 1 is 1.23 bits per heavy atom. The predicted molar refractivity (Wildman–Crippen MR) is 108 cm³/mol. The molecule has 0 N–H and O–H groups in total. The first-order chi connectivity index (χ1) is 14.8. The first-order valence-electron chi connectivity index (χ1n) is 8.75. The van der Waals surface area contributed by atoms with E-state index in [4.69, 9.17) is 21.1 Å². The summed E-state index contributed by atoms with van der Waals surface area (Å²) in [6.45, 7) is 1.68. The Hall–Kier alpha value is -3.40. The van der Waals surface area contributed by atoms with E-state index < -0.39 is 24.8 Å². The van der Waals surface area contributed by atoms with Crippen LogP contribution in [-0.2, 0) is 23.9 Å². The van der Waals surface area contributed by atoms with Crippen LogP contribution in [0, 0.1) is 6.92 Å². The third kappa shape index (κ3) is 6.29. The van der Waals surface area contributed by atoms with Gasteiger partial charge in [-0.05, 0) is 6.92 Å². The van der Waals surface area contributed by atoms with Crippen LogP contribution >= 0.6 is 11.6 Å². The SMILES string of the molecule is COC=C(C(=O)OC)c1ccccc1C(=NOC(=O)CC(F)F)c1ncc(C)c(Cl)n1. The summed E-state index contributed by atoms with van der Waals surface area (Å²) >= 11 is 6.08. The molecule has 0 bridgehead atoms.